The van der Waals surface area contributed by atoms with Crippen molar-refractivity contribution in [2.45, 2.75) is 50.2 Å². The first-order valence-corrected chi connectivity index (χ1v) is 7.36. The number of hydrogen-bond acceptors (Lipinski definition) is 4. The molecule has 1 aliphatic heterocycles. The molecule has 2 amide bonds. The maximum absolute atomic E-state index is 12.2. The molecule has 3 atom stereocenters. The van der Waals surface area contributed by atoms with Crippen molar-refractivity contribution in [1.29, 1.82) is 0 Å². The van der Waals surface area contributed by atoms with E-state index in [2.05, 4.69) is 10.1 Å². The van der Waals surface area contributed by atoms with Crippen LogP contribution >= 0.6 is 11.6 Å². The summed E-state index contributed by atoms with van der Waals surface area (Å²) in [4.78, 5) is 37.3. The van der Waals surface area contributed by atoms with Gasteiger partial charge in [-0.05, 0) is 12.8 Å². The van der Waals surface area contributed by atoms with Crippen LogP contribution in [0.3, 0.4) is 0 Å². The highest BCUT2D eigenvalue weighted by atomic mass is 35.5. The minimum atomic E-state index is -0.812. The van der Waals surface area contributed by atoms with Crippen LogP contribution in [0.5, 0.6) is 0 Å². The molecule has 1 N–H and O–H groups in total. The van der Waals surface area contributed by atoms with E-state index < -0.39 is 12.0 Å². The first kappa shape index (κ1) is 15.1. The van der Waals surface area contributed by atoms with Crippen molar-refractivity contribution < 1.29 is 19.1 Å². The molecule has 0 aromatic rings. The smallest absolute Gasteiger partial charge is 0.308 e. The number of piperazine rings is 1. The lowest BCUT2D eigenvalue weighted by Crippen LogP contribution is -2.68. The Labute approximate surface area is 122 Å². The van der Waals surface area contributed by atoms with Crippen molar-refractivity contribution in [2.24, 2.45) is 0 Å². The van der Waals surface area contributed by atoms with Crippen LogP contribution in [0.25, 0.3) is 0 Å². The Hall–Kier alpha value is -1.30. The Kier molecular flexibility index (Phi) is 4.86. The second-order valence-electron chi connectivity index (χ2n) is 5.20. The number of nitrogens with one attached hydrogen (secondary N) is 1. The van der Waals surface area contributed by atoms with E-state index in [1.807, 2.05) is 0 Å². The summed E-state index contributed by atoms with van der Waals surface area (Å²) in [5.74, 6) is -1.29. The molecule has 0 bridgehead atoms. The van der Waals surface area contributed by atoms with Crippen LogP contribution in [0.15, 0.2) is 0 Å². The van der Waals surface area contributed by atoms with Gasteiger partial charge in [0.05, 0.1) is 19.6 Å². The molecule has 1 saturated heterocycles. The van der Waals surface area contributed by atoms with Crippen molar-refractivity contribution in [3.8, 4) is 0 Å². The van der Waals surface area contributed by atoms with Crippen molar-refractivity contribution in [3.63, 3.8) is 0 Å². The van der Waals surface area contributed by atoms with Crippen LogP contribution in [0.1, 0.15) is 32.1 Å². The molecule has 20 heavy (non-hydrogen) atoms. The molecule has 0 radical (unpaired) electrons. The standard InChI is InChI=1S/C13H19ClN2O4/c1-20-12(18)6-10-13(19)15-8-4-2-3-5-9(8)16(10)11(17)7-14/h8-10H,2-7H2,1H3,(H,15,19)/t8-,9-,10-/m1/s1. The maximum atomic E-state index is 12.2. The predicted molar refractivity (Wildman–Crippen MR) is 72.2 cm³/mol. The Balaban J connectivity index is 2.24. The van der Waals surface area contributed by atoms with Crippen molar-refractivity contribution >= 4 is 29.4 Å². The summed E-state index contributed by atoms with van der Waals surface area (Å²) in [6.07, 6.45) is 3.59. The molecular formula is C13H19ClN2O4. The average molecular weight is 303 g/mol. The number of alkyl halides is 1. The van der Waals surface area contributed by atoms with Crippen LogP contribution in [-0.2, 0) is 19.1 Å². The quantitative estimate of drug-likeness (QED) is 0.606. The number of esters is 1. The monoisotopic (exact) mass is 302 g/mol. The summed E-state index contributed by atoms with van der Waals surface area (Å²) in [6, 6.07) is -0.910. The highest BCUT2D eigenvalue weighted by molar-refractivity contribution is 6.27. The highest BCUT2D eigenvalue weighted by Crippen LogP contribution is 2.29. The summed E-state index contributed by atoms with van der Waals surface area (Å²) >= 11 is 5.66. The van der Waals surface area contributed by atoms with Crippen LogP contribution in [-0.4, -0.2) is 53.8 Å². The van der Waals surface area contributed by atoms with Crippen LogP contribution in [0, 0.1) is 0 Å². The number of nitrogens with zero attached hydrogens (tertiary/aromatic N) is 1. The van der Waals surface area contributed by atoms with E-state index in [0.717, 1.165) is 25.7 Å². The van der Waals surface area contributed by atoms with Crippen LogP contribution in [0.4, 0.5) is 0 Å². The third-order valence-corrected chi connectivity index (χ3v) is 4.27. The van der Waals surface area contributed by atoms with E-state index in [1.54, 1.807) is 0 Å². The second kappa shape index (κ2) is 6.43. The number of methoxy groups -OCH3 is 1. The molecule has 2 rings (SSSR count). The van der Waals surface area contributed by atoms with E-state index in [-0.39, 0.29) is 36.2 Å². The van der Waals surface area contributed by atoms with Gasteiger partial charge in [0, 0.05) is 6.04 Å². The SMILES string of the molecule is COC(=O)C[C@@H]1C(=O)N[C@@H]2CCCC[C@H]2N1C(=O)CCl. The summed E-state index contributed by atoms with van der Waals surface area (Å²) in [7, 11) is 1.26. The molecule has 0 aromatic carbocycles. The van der Waals surface area contributed by atoms with Gasteiger partial charge in [0.15, 0.2) is 0 Å². The molecule has 1 aliphatic carbocycles. The molecule has 1 heterocycles. The molecule has 0 spiro atoms. The molecule has 0 aromatic heterocycles. The van der Waals surface area contributed by atoms with E-state index in [0.29, 0.717) is 0 Å². The van der Waals surface area contributed by atoms with Gasteiger partial charge in [-0.25, -0.2) is 0 Å². The van der Waals surface area contributed by atoms with Gasteiger partial charge >= 0.3 is 5.97 Å². The average Bonchev–Trinajstić information content (AvgIpc) is 2.47. The number of rotatable bonds is 3. The number of amides is 2. The summed E-state index contributed by atoms with van der Waals surface area (Å²) in [6.45, 7) is 0. The third kappa shape index (κ3) is 2.90. The van der Waals surface area contributed by atoms with E-state index in [1.165, 1.54) is 12.0 Å². The Morgan fingerprint density at radius 2 is 2.10 bits per heavy atom. The third-order valence-electron chi connectivity index (χ3n) is 4.04. The summed E-state index contributed by atoms with van der Waals surface area (Å²) in [5.41, 5.74) is 0. The molecule has 0 unspecified atom stereocenters. The number of halogens is 1. The van der Waals surface area contributed by atoms with Crippen LogP contribution in [0.2, 0.25) is 0 Å². The van der Waals surface area contributed by atoms with Crippen LogP contribution < -0.4 is 5.32 Å². The van der Waals surface area contributed by atoms with E-state index in [4.69, 9.17) is 11.6 Å². The van der Waals surface area contributed by atoms with Gasteiger partial charge in [0.2, 0.25) is 11.8 Å². The molecule has 7 heteroatoms. The number of carbonyl (C=O) groups is 3. The Bertz CT molecular complexity index is 415. The molecule has 6 nitrogen and oxygen atoms in total. The minimum Gasteiger partial charge on any atom is -0.469 e. The van der Waals surface area contributed by atoms with E-state index in [9.17, 15) is 14.4 Å². The molecule has 112 valence electrons. The van der Waals surface area contributed by atoms with Crippen molar-refractivity contribution in [3.05, 3.63) is 0 Å². The van der Waals surface area contributed by atoms with Crippen molar-refractivity contribution in [2.75, 3.05) is 13.0 Å². The van der Waals surface area contributed by atoms with Gasteiger partial charge in [-0.15, -0.1) is 11.6 Å². The summed E-state index contributed by atoms with van der Waals surface area (Å²) in [5, 5.41) is 2.92. The fourth-order valence-electron chi connectivity index (χ4n) is 3.11. The van der Waals surface area contributed by atoms with Gasteiger partial charge in [-0.3, -0.25) is 14.4 Å². The van der Waals surface area contributed by atoms with Gasteiger partial charge in [-0.2, -0.15) is 0 Å². The normalized spacial score (nSPS) is 29.4. The Morgan fingerprint density at radius 3 is 2.75 bits per heavy atom. The number of hydrogen-bond donors (Lipinski definition) is 1. The van der Waals surface area contributed by atoms with Gasteiger partial charge in [-0.1, -0.05) is 12.8 Å². The van der Waals surface area contributed by atoms with Crippen molar-refractivity contribution in [1.82, 2.24) is 10.2 Å². The zero-order valence-corrected chi connectivity index (χ0v) is 12.2. The number of ether oxygens (including phenoxy) is 1. The van der Waals surface area contributed by atoms with Gasteiger partial charge in [0.25, 0.3) is 0 Å². The maximum Gasteiger partial charge on any atom is 0.308 e. The topological polar surface area (TPSA) is 75.7 Å². The van der Waals surface area contributed by atoms with Gasteiger partial charge < -0.3 is 15.0 Å². The fourth-order valence-corrected chi connectivity index (χ4v) is 3.25. The molecular weight excluding hydrogens is 284 g/mol. The number of fused-ring (bicyclic) bond motifs is 1. The lowest BCUT2D eigenvalue weighted by Gasteiger charge is -2.47. The van der Waals surface area contributed by atoms with Gasteiger partial charge in [0.1, 0.15) is 11.9 Å². The predicted octanol–water partition coefficient (Wildman–Crippen LogP) is 0.426. The highest BCUT2D eigenvalue weighted by Gasteiger charge is 2.45. The molecule has 2 aliphatic rings. The summed E-state index contributed by atoms with van der Waals surface area (Å²) < 4.78 is 4.61. The Morgan fingerprint density at radius 1 is 1.40 bits per heavy atom. The molecule has 1 saturated carbocycles. The lowest BCUT2D eigenvalue weighted by molar-refractivity contribution is -0.154. The first-order chi connectivity index (χ1) is 9.58. The first-order valence-electron chi connectivity index (χ1n) is 6.82. The number of carbonyl (C=O) groups excluding carboxylic acids is 3. The zero-order chi connectivity index (χ0) is 14.7. The second-order valence-corrected chi connectivity index (χ2v) is 5.46. The lowest BCUT2D eigenvalue weighted by atomic mass is 9.85. The largest absolute Gasteiger partial charge is 0.469 e. The minimum absolute atomic E-state index is 0.0303. The zero-order valence-electron chi connectivity index (χ0n) is 11.4. The fraction of sp³-hybridized carbons (Fsp3) is 0.769. The molecule has 2 fully saturated rings. The van der Waals surface area contributed by atoms with E-state index >= 15 is 0 Å².